The summed E-state index contributed by atoms with van der Waals surface area (Å²) >= 11 is 3.26. The first-order valence-electron chi connectivity index (χ1n) is 6.91. The Morgan fingerprint density at radius 2 is 1.90 bits per heavy atom. The summed E-state index contributed by atoms with van der Waals surface area (Å²) in [4.78, 5) is 0. The van der Waals surface area contributed by atoms with Crippen LogP contribution in [0.1, 0.15) is 11.1 Å². The van der Waals surface area contributed by atoms with Crippen LogP contribution in [-0.4, -0.2) is 13.6 Å². The number of benzene rings is 2. The number of hydrogen-bond acceptors (Lipinski definition) is 1. The van der Waals surface area contributed by atoms with Crippen LogP contribution in [0.3, 0.4) is 0 Å². The molecule has 0 aromatic heterocycles. The van der Waals surface area contributed by atoms with Crippen molar-refractivity contribution in [1.82, 2.24) is 5.32 Å². The van der Waals surface area contributed by atoms with Crippen LogP contribution in [0, 0.1) is 17.6 Å². The van der Waals surface area contributed by atoms with Gasteiger partial charge in [0.1, 0.15) is 11.6 Å². The lowest BCUT2D eigenvalue weighted by Crippen LogP contribution is -2.23. The molecule has 0 aliphatic carbocycles. The molecule has 2 aromatic rings. The highest BCUT2D eigenvalue weighted by atomic mass is 79.9. The Bertz CT molecular complexity index is 601. The average molecular weight is 354 g/mol. The molecular weight excluding hydrogens is 336 g/mol. The molecule has 1 nitrogen and oxygen atoms in total. The van der Waals surface area contributed by atoms with Gasteiger partial charge in [-0.05, 0) is 67.7 Å². The monoisotopic (exact) mass is 353 g/mol. The molecule has 2 aromatic carbocycles. The van der Waals surface area contributed by atoms with Crippen molar-refractivity contribution in [2.45, 2.75) is 12.8 Å². The standard InChI is InChI=1S/C17H18BrF2N/c1-21-11-13(7-12-3-2-4-16(19)9-12)8-14-5-6-15(18)10-17(14)20/h2-6,9-10,13,21H,7-8,11H2,1H3. The number of rotatable bonds is 6. The van der Waals surface area contributed by atoms with Crippen molar-refractivity contribution in [2.24, 2.45) is 5.92 Å². The highest BCUT2D eigenvalue weighted by Gasteiger charge is 2.13. The molecule has 1 N–H and O–H groups in total. The van der Waals surface area contributed by atoms with Crippen LogP contribution < -0.4 is 5.32 Å². The summed E-state index contributed by atoms with van der Waals surface area (Å²) in [6.07, 6.45) is 1.34. The molecule has 2 rings (SSSR count). The van der Waals surface area contributed by atoms with E-state index in [0.29, 0.717) is 18.4 Å². The predicted octanol–water partition coefficient (Wildman–Crippen LogP) is 4.35. The topological polar surface area (TPSA) is 12.0 Å². The molecule has 0 fully saturated rings. The van der Waals surface area contributed by atoms with Gasteiger partial charge in [-0.25, -0.2) is 8.78 Å². The minimum absolute atomic E-state index is 0.204. The Morgan fingerprint density at radius 3 is 2.57 bits per heavy atom. The molecule has 0 radical (unpaired) electrons. The first kappa shape index (κ1) is 16.1. The number of hydrogen-bond donors (Lipinski definition) is 1. The van der Waals surface area contributed by atoms with Gasteiger partial charge in [-0.2, -0.15) is 0 Å². The summed E-state index contributed by atoms with van der Waals surface area (Å²) in [7, 11) is 1.87. The molecule has 0 heterocycles. The van der Waals surface area contributed by atoms with Gasteiger partial charge in [0.25, 0.3) is 0 Å². The van der Waals surface area contributed by atoms with E-state index in [9.17, 15) is 8.78 Å². The summed E-state index contributed by atoms with van der Waals surface area (Å²) in [5.41, 5.74) is 1.63. The smallest absolute Gasteiger partial charge is 0.127 e. The zero-order chi connectivity index (χ0) is 15.2. The molecule has 0 aliphatic heterocycles. The molecule has 0 amide bonds. The van der Waals surface area contributed by atoms with E-state index in [1.165, 1.54) is 12.1 Å². The van der Waals surface area contributed by atoms with Gasteiger partial charge in [0.15, 0.2) is 0 Å². The molecule has 0 spiro atoms. The molecule has 0 saturated carbocycles. The van der Waals surface area contributed by atoms with E-state index in [0.717, 1.165) is 16.6 Å². The Morgan fingerprint density at radius 1 is 1.10 bits per heavy atom. The zero-order valence-corrected chi connectivity index (χ0v) is 13.5. The van der Waals surface area contributed by atoms with Gasteiger partial charge in [0.2, 0.25) is 0 Å². The number of nitrogens with one attached hydrogen (secondary N) is 1. The van der Waals surface area contributed by atoms with Gasteiger partial charge in [0, 0.05) is 4.47 Å². The van der Waals surface area contributed by atoms with Crippen LogP contribution in [0.2, 0.25) is 0 Å². The van der Waals surface area contributed by atoms with Crippen molar-refractivity contribution in [2.75, 3.05) is 13.6 Å². The second kappa shape index (κ2) is 7.66. The normalized spacial score (nSPS) is 12.4. The first-order valence-corrected chi connectivity index (χ1v) is 7.70. The Hall–Kier alpha value is -1.26. The third-order valence-corrected chi connectivity index (χ3v) is 3.92. The second-order valence-corrected chi connectivity index (χ2v) is 6.11. The van der Waals surface area contributed by atoms with E-state index >= 15 is 0 Å². The molecule has 112 valence electrons. The van der Waals surface area contributed by atoms with E-state index in [1.54, 1.807) is 18.2 Å². The van der Waals surface area contributed by atoms with Crippen molar-refractivity contribution in [1.29, 1.82) is 0 Å². The maximum Gasteiger partial charge on any atom is 0.127 e. The highest BCUT2D eigenvalue weighted by molar-refractivity contribution is 9.10. The lowest BCUT2D eigenvalue weighted by molar-refractivity contribution is 0.478. The van der Waals surface area contributed by atoms with Gasteiger partial charge >= 0.3 is 0 Å². The summed E-state index contributed by atoms with van der Waals surface area (Å²) in [6.45, 7) is 0.756. The van der Waals surface area contributed by atoms with Crippen molar-refractivity contribution in [3.63, 3.8) is 0 Å². The van der Waals surface area contributed by atoms with Crippen LogP contribution in [0.5, 0.6) is 0 Å². The van der Waals surface area contributed by atoms with Crippen LogP contribution in [0.15, 0.2) is 46.9 Å². The Balaban J connectivity index is 2.11. The molecular formula is C17H18BrF2N. The van der Waals surface area contributed by atoms with Gasteiger partial charge in [-0.1, -0.05) is 34.1 Å². The second-order valence-electron chi connectivity index (χ2n) is 5.20. The summed E-state index contributed by atoms with van der Waals surface area (Å²) in [5.74, 6) is -0.220. The lowest BCUT2D eigenvalue weighted by atomic mass is 9.92. The van der Waals surface area contributed by atoms with Gasteiger partial charge in [-0.15, -0.1) is 0 Å². The fraction of sp³-hybridized carbons (Fsp3) is 0.294. The summed E-state index contributed by atoms with van der Waals surface area (Å²) < 4.78 is 27.9. The quantitative estimate of drug-likeness (QED) is 0.813. The molecule has 0 aliphatic rings. The van der Waals surface area contributed by atoms with Crippen molar-refractivity contribution < 1.29 is 8.78 Å². The van der Waals surface area contributed by atoms with Crippen LogP contribution in [0.4, 0.5) is 8.78 Å². The minimum Gasteiger partial charge on any atom is -0.319 e. The first-order chi connectivity index (χ1) is 10.1. The largest absolute Gasteiger partial charge is 0.319 e. The predicted molar refractivity (Wildman–Crippen MR) is 85.3 cm³/mol. The third kappa shape index (κ3) is 4.90. The Kier molecular flexibility index (Phi) is 5.88. The fourth-order valence-corrected chi connectivity index (χ4v) is 2.83. The molecule has 0 bridgehead atoms. The van der Waals surface area contributed by atoms with Gasteiger partial charge in [0.05, 0.1) is 0 Å². The highest BCUT2D eigenvalue weighted by Crippen LogP contribution is 2.20. The third-order valence-electron chi connectivity index (χ3n) is 3.43. The van der Waals surface area contributed by atoms with E-state index in [4.69, 9.17) is 0 Å². The molecule has 1 unspecified atom stereocenters. The summed E-state index contributed by atoms with van der Waals surface area (Å²) in [6, 6.07) is 11.7. The van der Waals surface area contributed by atoms with Crippen molar-refractivity contribution in [3.05, 3.63) is 69.7 Å². The van der Waals surface area contributed by atoms with Crippen molar-refractivity contribution in [3.8, 4) is 0 Å². The maximum absolute atomic E-state index is 13.9. The molecule has 21 heavy (non-hydrogen) atoms. The molecule has 1 atom stereocenters. The van der Waals surface area contributed by atoms with E-state index in [2.05, 4.69) is 21.2 Å². The van der Waals surface area contributed by atoms with Crippen LogP contribution in [0.25, 0.3) is 0 Å². The zero-order valence-electron chi connectivity index (χ0n) is 11.9. The summed E-state index contributed by atoms with van der Waals surface area (Å²) in [5, 5.41) is 3.13. The maximum atomic E-state index is 13.9. The van der Waals surface area contributed by atoms with E-state index < -0.39 is 0 Å². The molecule has 0 saturated heterocycles. The van der Waals surface area contributed by atoms with Crippen LogP contribution >= 0.6 is 15.9 Å². The lowest BCUT2D eigenvalue weighted by Gasteiger charge is -2.17. The van der Waals surface area contributed by atoms with Gasteiger partial charge < -0.3 is 5.32 Å². The van der Waals surface area contributed by atoms with Crippen LogP contribution in [-0.2, 0) is 12.8 Å². The molecule has 4 heteroatoms. The Labute approximate surface area is 132 Å². The van der Waals surface area contributed by atoms with Gasteiger partial charge in [-0.3, -0.25) is 0 Å². The van der Waals surface area contributed by atoms with E-state index in [1.807, 2.05) is 19.2 Å². The average Bonchev–Trinajstić information content (AvgIpc) is 2.42. The van der Waals surface area contributed by atoms with Crippen molar-refractivity contribution >= 4 is 15.9 Å². The van der Waals surface area contributed by atoms with E-state index in [-0.39, 0.29) is 17.6 Å². The minimum atomic E-state index is -0.231. The fourth-order valence-electron chi connectivity index (χ4n) is 2.50. The SMILES string of the molecule is CNCC(Cc1cccc(F)c1)Cc1ccc(Br)cc1F. The number of halogens is 3.